The third-order valence-electron chi connectivity index (χ3n) is 3.78. The summed E-state index contributed by atoms with van der Waals surface area (Å²) < 4.78 is 2.02. The first-order valence-corrected chi connectivity index (χ1v) is 7.60. The molecule has 2 rings (SSSR count). The minimum atomic E-state index is 0.165. The Balaban J connectivity index is 2.10. The first-order valence-electron chi connectivity index (χ1n) is 7.22. The predicted octanol–water partition coefficient (Wildman–Crippen LogP) is 2.99. The van der Waals surface area contributed by atoms with Gasteiger partial charge in [-0.1, -0.05) is 24.6 Å². The highest BCUT2D eigenvalue weighted by atomic mass is 35.5. The molecule has 1 atom stereocenters. The van der Waals surface area contributed by atoms with Gasteiger partial charge < -0.3 is 15.2 Å². The summed E-state index contributed by atoms with van der Waals surface area (Å²) in [5.41, 5.74) is 8.19. The van der Waals surface area contributed by atoms with Crippen molar-refractivity contribution in [3.63, 3.8) is 0 Å². The van der Waals surface area contributed by atoms with Crippen LogP contribution in [-0.2, 0) is 20.0 Å². The van der Waals surface area contributed by atoms with Crippen molar-refractivity contribution in [2.75, 3.05) is 11.9 Å². The van der Waals surface area contributed by atoms with E-state index in [4.69, 9.17) is 17.3 Å². The molecule has 21 heavy (non-hydrogen) atoms. The monoisotopic (exact) mass is 306 g/mol. The fraction of sp³-hybridized carbons (Fsp3) is 0.438. The van der Waals surface area contributed by atoms with Gasteiger partial charge in [0.2, 0.25) is 0 Å². The highest BCUT2D eigenvalue weighted by Crippen LogP contribution is 2.25. The van der Waals surface area contributed by atoms with Gasteiger partial charge in [-0.25, -0.2) is 4.98 Å². The molecule has 2 aromatic rings. The van der Waals surface area contributed by atoms with Crippen LogP contribution in [-0.4, -0.2) is 22.6 Å². The van der Waals surface area contributed by atoms with Gasteiger partial charge in [-0.05, 0) is 30.5 Å². The van der Waals surface area contributed by atoms with E-state index in [1.807, 2.05) is 37.1 Å². The average Bonchev–Trinajstić information content (AvgIpc) is 2.86. The number of aromatic nitrogens is 2. The summed E-state index contributed by atoms with van der Waals surface area (Å²) in [6.07, 6.45) is 5.53. The van der Waals surface area contributed by atoms with Crippen LogP contribution < -0.4 is 10.6 Å². The standard InChI is InChI=1S/C16H23ClN4/c1-4-13(18)9-12-5-6-14(10-15(12)17)21(3)11-16-19-7-8-20(16)2/h5-8,10,13H,4,9,11,18H2,1-3H3. The molecule has 2 N–H and O–H groups in total. The van der Waals surface area contributed by atoms with E-state index in [1.165, 1.54) is 0 Å². The average molecular weight is 307 g/mol. The molecule has 114 valence electrons. The Morgan fingerprint density at radius 2 is 2.19 bits per heavy atom. The summed E-state index contributed by atoms with van der Waals surface area (Å²) in [5.74, 6) is 1.02. The molecule has 1 aromatic heterocycles. The number of benzene rings is 1. The van der Waals surface area contributed by atoms with Crippen LogP contribution in [0, 0.1) is 0 Å². The van der Waals surface area contributed by atoms with Gasteiger partial charge in [0, 0.05) is 43.2 Å². The second-order valence-corrected chi connectivity index (χ2v) is 5.87. The Labute approximate surface area is 131 Å². The van der Waals surface area contributed by atoms with Crippen molar-refractivity contribution < 1.29 is 0 Å². The highest BCUT2D eigenvalue weighted by molar-refractivity contribution is 6.31. The molecule has 0 saturated heterocycles. The van der Waals surface area contributed by atoms with Gasteiger partial charge >= 0.3 is 0 Å². The summed E-state index contributed by atoms with van der Waals surface area (Å²) in [6.45, 7) is 2.83. The molecule has 0 amide bonds. The van der Waals surface area contributed by atoms with Crippen LogP contribution in [0.5, 0.6) is 0 Å². The van der Waals surface area contributed by atoms with Crippen LogP contribution in [0.1, 0.15) is 24.7 Å². The fourth-order valence-electron chi connectivity index (χ4n) is 2.22. The van der Waals surface area contributed by atoms with E-state index < -0.39 is 0 Å². The van der Waals surface area contributed by atoms with Crippen LogP contribution in [0.25, 0.3) is 0 Å². The fourth-order valence-corrected chi connectivity index (χ4v) is 2.47. The number of imidazole rings is 1. The molecule has 0 aliphatic heterocycles. The van der Waals surface area contributed by atoms with E-state index in [0.29, 0.717) is 0 Å². The van der Waals surface area contributed by atoms with Gasteiger partial charge in [0.15, 0.2) is 0 Å². The first-order chi connectivity index (χ1) is 10.0. The Morgan fingerprint density at radius 1 is 1.43 bits per heavy atom. The van der Waals surface area contributed by atoms with Crippen molar-refractivity contribution >= 4 is 17.3 Å². The number of rotatable bonds is 6. The number of anilines is 1. The van der Waals surface area contributed by atoms with Crippen LogP contribution in [0.2, 0.25) is 5.02 Å². The molecule has 5 heteroatoms. The summed E-state index contributed by atoms with van der Waals surface area (Å²) in [5, 5.41) is 0.781. The van der Waals surface area contributed by atoms with E-state index in [9.17, 15) is 0 Å². The van der Waals surface area contributed by atoms with Gasteiger partial charge in [0.25, 0.3) is 0 Å². The normalized spacial score (nSPS) is 12.4. The molecule has 0 saturated carbocycles. The summed E-state index contributed by atoms with van der Waals surface area (Å²) >= 11 is 6.38. The molecule has 0 bridgehead atoms. The van der Waals surface area contributed by atoms with Crippen LogP contribution >= 0.6 is 11.6 Å². The Morgan fingerprint density at radius 3 is 2.76 bits per heavy atom. The number of halogens is 1. The van der Waals surface area contributed by atoms with Gasteiger partial charge in [-0.3, -0.25) is 0 Å². The maximum atomic E-state index is 6.38. The summed E-state index contributed by atoms with van der Waals surface area (Å²) in [6, 6.07) is 6.33. The molecule has 1 unspecified atom stereocenters. The van der Waals surface area contributed by atoms with Gasteiger partial charge in [-0.2, -0.15) is 0 Å². The van der Waals surface area contributed by atoms with Gasteiger partial charge in [0.1, 0.15) is 5.82 Å². The number of hydrogen-bond acceptors (Lipinski definition) is 3. The minimum absolute atomic E-state index is 0.165. The molecule has 4 nitrogen and oxygen atoms in total. The van der Waals surface area contributed by atoms with E-state index in [-0.39, 0.29) is 6.04 Å². The number of hydrogen-bond donors (Lipinski definition) is 1. The Bertz CT molecular complexity index is 594. The van der Waals surface area contributed by atoms with E-state index in [0.717, 1.165) is 41.5 Å². The van der Waals surface area contributed by atoms with Crippen molar-refractivity contribution in [2.24, 2.45) is 12.8 Å². The molecule has 0 aliphatic rings. The minimum Gasteiger partial charge on any atom is -0.367 e. The summed E-state index contributed by atoms with van der Waals surface area (Å²) in [4.78, 5) is 6.48. The van der Waals surface area contributed by atoms with Crippen molar-refractivity contribution in [1.82, 2.24) is 9.55 Å². The second kappa shape index (κ2) is 6.96. The molecule has 0 fully saturated rings. The first kappa shape index (κ1) is 15.9. The Kier molecular flexibility index (Phi) is 5.26. The van der Waals surface area contributed by atoms with Gasteiger partial charge in [-0.15, -0.1) is 0 Å². The molecule has 0 radical (unpaired) electrons. The lowest BCUT2D eigenvalue weighted by Gasteiger charge is -2.20. The molecule has 1 heterocycles. The van der Waals surface area contributed by atoms with Crippen LogP contribution in [0.4, 0.5) is 5.69 Å². The summed E-state index contributed by atoms with van der Waals surface area (Å²) in [7, 11) is 4.04. The lowest BCUT2D eigenvalue weighted by Crippen LogP contribution is -2.22. The van der Waals surface area contributed by atoms with E-state index in [1.54, 1.807) is 0 Å². The van der Waals surface area contributed by atoms with Crippen LogP contribution in [0.3, 0.4) is 0 Å². The maximum Gasteiger partial charge on any atom is 0.127 e. The van der Waals surface area contributed by atoms with Crippen LogP contribution in [0.15, 0.2) is 30.6 Å². The maximum absolute atomic E-state index is 6.38. The third-order valence-corrected chi connectivity index (χ3v) is 4.14. The molecular weight excluding hydrogens is 284 g/mol. The van der Waals surface area contributed by atoms with E-state index >= 15 is 0 Å². The Hall–Kier alpha value is -1.52. The largest absolute Gasteiger partial charge is 0.367 e. The SMILES string of the molecule is CCC(N)Cc1ccc(N(C)Cc2nccn2C)cc1Cl. The zero-order chi connectivity index (χ0) is 15.4. The van der Waals surface area contributed by atoms with Crippen molar-refractivity contribution in [3.8, 4) is 0 Å². The zero-order valence-corrected chi connectivity index (χ0v) is 13.6. The van der Waals surface area contributed by atoms with Gasteiger partial charge in [0.05, 0.1) is 6.54 Å². The highest BCUT2D eigenvalue weighted by Gasteiger charge is 2.10. The molecule has 1 aromatic carbocycles. The number of aryl methyl sites for hydroxylation is 1. The third kappa shape index (κ3) is 3.99. The quantitative estimate of drug-likeness (QED) is 0.892. The van der Waals surface area contributed by atoms with E-state index in [2.05, 4.69) is 28.9 Å². The topological polar surface area (TPSA) is 47.1 Å². The van der Waals surface area contributed by atoms with Crippen molar-refractivity contribution in [1.29, 1.82) is 0 Å². The van der Waals surface area contributed by atoms with Crippen molar-refractivity contribution in [3.05, 3.63) is 47.0 Å². The molecule has 0 aliphatic carbocycles. The molecule has 0 spiro atoms. The second-order valence-electron chi connectivity index (χ2n) is 5.46. The lowest BCUT2D eigenvalue weighted by atomic mass is 10.0. The lowest BCUT2D eigenvalue weighted by molar-refractivity contribution is 0.646. The number of nitrogens with zero attached hydrogens (tertiary/aromatic N) is 3. The van der Waals surface area contributed by atoms with Crippen molar-refractivity contribution in [2.45, 2.75) is 32.4 Å². The smallest absolute Gasteiger partial charge is 0.127 e. The predicted molar refractivity (Wildman–Crippen MR) is 88.7 cm³/mol. The molecular formula is C16H23ClN4. The zero-order valence-electron chi connectivity index (χ0n) is 12.9. The number of nitrogens with two attached hydrogens (primary N) is 1.